The smallest absolute Gasteiger partial charge is 0.161 e. The standard InChI is InChI=1S/C15H21N3O2/c1-4-19-13-7-5-6-8-14(13)20-10-9-18-12(3)15(16)11(2)17-18/h5-8H,4,9-10,16H2,1-3H3. The average molecular weight is 275 g/mol. The average Bonchev–Trinajstić information content (AvgIpc) is 2.69. The van der Waals surface area contributed by atoms with Crippen molar-refractivity contribution in [2.75, 3.05) is 18.9 Å². The van der Waals surface area contributed by atoms with Crippen LogP contribution in [0, 0.1) is 13.8 Å². The van der Waals surface area contributed by atoms with Crippen LogP contribution in [0.2, 0.25) is 0 Å². The van der Waals surface area contributed by atoms with E-state index in [0.717, 1.165) is 28.6 Å². The molecule has 5 nitrogen and oxygen atoms in total. The zero-order valence-electron chi connectivity index (χ0n) is 12.2. The summed E-state index contributed by atoms with van der Waals surface area (Å²) in [5.41, 5.74) is 8.49. The highest BCUT2D eigenvalue weighted by Gasteiger charge is 2.08. The molecule has 0 unspecified atom stereocenters. The van der Waals surface area contributed by atoms with Crippen LogP contribution in [0.3, 0.4) is 0 Å². The van der Waals surface area contributed by atoms with Crippen LogP contribution in [0.5, 0.6) is 11.5 Å². The number of aromatic nitrogens is 2. The monoisotopic (exact) mass is 275 g/mol. The lowest BCUT2D eigenvalue weighted by atomic mass is 10.3. The lowest BCUT2D eigenvalue weighted by Gasteiger charge is -2.12. The molecule has 5 heteroatoms. The molecule has 0 saturated heterocycles. The Morgan fingerprint density at radius 3 is 2.35 bits per heavy atom. The highest BCUT2D eigenvalue weighted by Crippen LogP contribution is 2.26. The molecule has 1 heterocycles. The molecule has 2 N–H and O–H groups in total. The zero-order valence-corrected chi connectivity index (χ0v) is 12.2. The van der Waals surface area contributed by atoms with Crippen molar-refractivity contribution in [3.8, 4) is 11.5 Å². The molecule has 0 aliphatic rings. The van der Waals surface area contributed by atoms with Crippen molar-refractivity contribution in [2.45, 2.75) is 27.3 Å². The number of hydrogen-bond acceptors (Lipinski definition) is 4. The Balaban J connectivity index is 1.97. The molecule has 0 radical (unpaired) electrons. The maximum Gasteiger partial charge on any atom is 0.161 e. The third-order valence-corrected chi connectivity index (χ3v) is 3.15. The Morgan fingerprint density at radius 1 is 1.15 bits per heavy atom. The summed E-state index contributed by atoms with van der Waals surface area (Å²) in [7, 11) is 0. The number of nitrogens with zero attached hydrogens (tertiary/aromatic N) is 2. The Labute approximate surface area is 119 Å². The van der Waals surface area contributed by atoms with Gasteiger partial charge in [-0.1, -0.05) is 12.1 Å². The SMILES string of the molecule is CCOc1ccccc1OCCn1nc(C)c(N)c1C. The van der Waals surface area contributed by atoms with Crippen LogP contribution in [-0.4, -0.2) is 23.0 Å². The zero-order chi connectivity index (χ0) is 14.5. The van der Waals surface area contributed by atoms with E-state index in [1.54, 1.807) is 0 Å². The first-order valence-corrected chi connectivity index (χ1v) is 6.77. The molecule has 0 bridgehead atoms. The molecule has 2 aromatic rings. The number of anilines is 1. The summed E-state index contributed by atoms with van der Waals surface area (Å²) < 4.78 is 13.2. The highest BCUT2D eigenvalue weighted by atomic mass is 16.5. The van der Waals surface area contributed by atoms with Crippen LogP contribution >= 0.6 is 0 Å². The van der Waals surface area contributed by atoms with Crippen molar-refractivity contribution in [3.63, 3.8) is 0 Å². The first kappa shape index (κ1) is 14.2. The molecule has 0 aliphatic heterocycles. The topological polar surface area (TPSA) is 62.3 Å². The number of nitrogen functional groups attached to an aromatic ring is 1. The molecular formula is C15H21N3O2. The van der Waals surface area contributed by atoms with E-state index in [-0.39, 0.29) is 0 Å². The predicted molar refractivity (Wildman–Crippen MR) is 79.2 cm³/mol. The van der Waals surface area contributed by atoms with Gasteiger partial charge in [-0.15, -0.1) is 0 Å². The van der Waals surface area contributed by atoms with Gasteiger partial charge in [0, 0.05) is 0 Å². The summed E-state index contributed by atoms with van der Waals surface area (Å²) in [4.78, 5) is 0. The van der Waals surface area contributed by atoms with Crippen molar-refractivity contribution in [3.05, 3.63) is 35.7 Å². The van der Waals surface area contributed by atoms with Gasteiger partial charge >= 0.3 is 0 Å². The minimum absolute atomic E-state index is 0.519. The van der Waals surface area contributed by atoms with Gasteiger partial charge in [-0.3, -0.25) is 4.68 Å². The number of nitrogens with two attached hydrogens (primary N) is 1. The maximum absolute atomic E-state index is 5.91. The number of hydrogen-bond donors (Lipinski definition) is 1. The molecule has 0 spiro atoms. The molecule has 0 atom stereocenters. The summed E-state index contributed by atoms with van der Waals surface area (Å²) in [5, 5.41) is 4.38. The summed E-state index contributed by atoms with van der Waals surface area (Å²) in [6.45, 7) is 7.62. The van der Waals surface area contributed by atoms with Crippen LogP contribution in [0.4, 0.5) is 5.69 Å². The Morgan fingerprint density at radius 2 is 1.80 bits per heavy atom. The van der Waals surface area contributed by atoms with Gasteiger partial charge in [0.1, 0.15) is 6.61 Å². The molecule has 20 heavy (non-hydrogen) atoms. The van der Waals surface area contributed by atoms with Crippen molar-refractivity contribution in [1.29, 1.82) is 0 Å². The van der Waals surface area contributed by atoms with Gasteiger partial charge in [0.15, 0.2) is 11.5 Å². The van der Waals surface area contributed by atoms with E-state index in [4.69, 9.17) is 15.2 Å². The van der Waals surface area contributed by atoms with Gasteiger partial charge in [-0.2, -0.15) is 5.10 Å². The van der Waals surface area contributed by atoms with Crippen LogP contribution < -0.4 is 15.2 Å². The van der Waals surface area contributed by atoms with Crippen LogP contribution in [-0.2, 0) is 6.54 Å². The van der Waals surface area contributed by atoms with Crippen molar-refractivity contribution >= 4 is 5.69 Å². The van der Waals surface area contributed by atoms with Gasteiger partial charge in [-0.05, 0) is 32.9 Å². The minimum Gasteiger partial charge on any atom is -0.490 e. The Bertz CT molecular complexity index is 578. The third kappa shape index (κ3) is 3.04. The van der Waals surface area contributed by atoms with Crippen LogP contribution in [0.25, 0.3) is 0 Å². The van der Waals surface area contributed by atoms with Gasteiger partial charge in [0.2, 0.25) is 0 Å². The summed E-state index contributed by atoms with van der Waals surface area (Å²) in [6, 6.07) is 7.67. The van der Waals surface area contributed by atoms with E-state index in [9.17, 15) is 0 Å². The molecule has 0 aliphatic carbocycles. The normalized spacial score (nSPS) is 10.6. The van der Waals surface area contributed by atoms with E-state index in [1.807, 2.05) is 49.7 Å². The lowest BCUT2D eigenvalue weighted by Crippen LogP contribution is -2.11. The molecule has 0 amide bonds. The number of ether oxygens (including phenoxy) is 2. The number of benzene rings is 1. The molecule has 1 aromatic heterocycles. The molecular weight excluding hydrogens is 254 g/mol. The maximum atomic E-state index is 5.91. The molecule has 108 valence electrons. The van der Waals surface area contributed by atoms with E-state index in [2.05, 4.69) is 5.10 Å². The lowest BCUT2D eigenvalue weighted by molar-refractivity contribution is 0.261. The second-order valence-corrected chi connectivity index (χ2v) is 4.54. The Hall–Kier alpha value is -2.17. The predicted octanol–water partition coefficient (Wildman–Crippen LogP) is 2.56. The van der Waals surface area contributed by atoms with Gasteiger partial charge in [-0.25, -0.2) is 0 Å². The molecule has 2 rings (SSSR count). The van der Waals surface area contributed by atoms with Gasteiger partial charge in [0.05, 0.1) is 30.2 Å². The second kappa shape index (κ2) is 6.32. The van der Waals surface area contributed by atoms with Gasteiger partial charge in [0.25, 0.3) is 0 Å². The first-order chi connectivity index (χ1) is 9.63. The fourth-order valence-electron chi connectivity index (χ4n) is 2.01. The van der Waals surface area contributed by atoms with Gasteiger partial charge < -0.3 is 15.2 Å². The highest BCUT2D eigenvalue weighted by molar-refractivity contribution is 5.46. The quantitative estimate of drug-likeness (QED) is 0.880. The largest absolute Gasteiger partial charge is 0.490 e. The van der Waals surface area contributed by atoms with Crippen molar-refractivity contribution < 1.29 is 9.47 Å². The fourth-order valence-corrected chi connectivity index (χ4v) is 2.01. The first-order valence-electron chi connectivity index (χ1n) is 6.77. The molecule has 0 saturated carbocycles. The van der Waals surface area contributed by atoms with Crippen molar-refractivity contribution in [1.82, 2.24) is 9.78 Å². The van der Waals surface area contributed by atoms with E-state index < -0.39 is 0 Å². The van der Waals surface area contributed by atoms with E-state index in [0.29, 0.717) is 19.8 Å². The van der Waals surface area contributed by atoms with Crippen LogP contribution in [0.15, 0.2) is 24.3 Å². The molecule has 0 fully saturated rings. The minimum atomic E-state index is 0.519. The number of rotatable bonds is 6. The summed E-state index contributed by atoms with van der Waals surface area (Å²) in [6.07, 6.45) is 0. The summed E-state index contributed by atoms with van der Waals surface area (Å²) in [5.74, 6) is 1.52. The summed E-state index contributed by atoms with van der Waals surface area (Å²) >= 11 is 0. The number of para-hydroxylation sites is 2. The van der Waals surface area contributed by atoms with E-state index in [1.165, 1.54) is 0 Å². The fraction of sp³-hybridized carbons (Fsp3) is 0.400. The van der Waals surface area contributed by atoms with E-state index >= 15 is 0 Å². The molecule has 1 aromatic carbocycles. The Kier molecular flexibility index (Phi) is 4.50. The third-order valence-electron chi connectivity index (χ3n) is 3.15. The second-order valence-electron chi connectivity index (χ2n) is 4.54. The van der Waals surface area contributed by atoms with Crippen molar-refractivity contribution in [2.24, 2.45) is 0 Å². The van der Waals surface area contributed by atoms with Crippen LogP contribution in [0.1, 0.15) is 18.3 Å². The number of aryl methyl sites for hydroxylation is 1.